The minimum Gasteiger partial charge on any atom is -0.476 e. The molecule has 1 aliphatic heterocycles. The minimum absolute atomic E-state index is 0.0721. The van der Waals surface area contributed by atoms with Crippen LogP contribution in [0.1, 0.15) is 34.9 Å². The van der Waals surface area contributed by atoms with Crippen molar-refractivity contribution in [3.05, 3.63) is 16.1 Å². The van der Waals surface area contributed by atoms with Crippen LogP contribution in [-0.2, 0) is 19.9 Å². The van der Waals surface area contributed by atoms with Gasteiger partial charge in [-0.15, -0.1) is 11.3 Å². The summed E-state index contributed by atoms with van der Waals surface area (Å²) in [5.74, 6) is -1.70. The Morgan fingerprint density at radius 3 is 2.71 bits per heavy atom. The van der Waals surface area contributed by atoms with Gasteiger partial charge in [-0.2, -0.15) is 0 Å². The predicted octanol–water partition coefficient (Wildman–Crippen LogP) is 0.00880. The number of carbonyl (C=O) groups is 1. The number of rotatable bonds is 5. The number of aromatic nitrogens is 1. The van der Waals surface area contributed by atoms with Gasteiger partial charge in [0.25, 0.3) is 0 Å². The summed E-state index contributed by atoms with van der Waals surface area (Å²) in [4.78, 5) is 14.6. The van der Waals surface area contributed by atoms with Crippen molar-refractivity contribution in [2.75, 3.05) is 11.5 Å². The normalized spacial score (nSPS) is 23.0. The fourth-order valence-electron chi connectivity index (χ4n) is 1.98. The average molecular weight is 354 g/mol. The van der Waals surface area contributed by atoms with Gasteiger partial charge in [-0.25, -0.2) is 31.3 Å². The van der Waals surface area contributed by atoms with E-state index in [0.29, 0.717) is 5.01 Å². The molecule has 1 aromatic rings. The highest BCUT2D eigenvalue weighted by Gasteiger charge is 2.38. The molecule has 0 radical (unpaired) electrons. The van der Waals surface area contributed by atoms with E-state index in [1.54, 1.807) is 0 Å². The van der Waals surface area contributed by atoms with Gasteiger partial charge in [0.2, 0.25) is 10.0 Å². The van der Waals surface area contributed by atoms with E-state index in [2.05, 4.69) is 9.71 Å². The number of thiazole rings is 1. The van der Waals surface area contributed by atoms with Gasteiger partial charge in [0.05, 0.1) is 22.8 Å². The van der Waals surface area contributed by atoms with E-state index in [1.165, 1.54) is 12.3 Å². The number of hydrogen-bond acceptors (Lipinski definition) is 7. The number of aromatic carboxylic acids is 1. The molecule has 2 unspecified atom stereocenters. The predicted molar refractivity (Wildman–Crippen MR) is 76.6 cm³/mol. The standard InChI is InChI=1S/C10H14N2O6S3/c1-6(9-11-8(4-19-9)10(13)14)12-21(17,18)7-2-3-20(15,16)5-7/h4,6-7,12H,2-3,5H2,1H3,(H,13,14). The highest BCUT2D eigenvalue weighted by Crippen LogP contribution is 2.23. The third kappa shape index (κ3) is 3.78. The molecule has 0 aromatic carbocycles. The Hall–Kier alpha value is -1.04. The van der Waals surface area contributed by atoms with Gasteiger partial charge in [0.1, 0.15) is 5.01 Å². The third-order valence-corrected chi connectivity index (χ3v) is 8.05. The Bertz CT molecular complexity index is 752. The van der Waals surface area contributed by atoms with Crippen molar-refractivity contribution in [1.82, 2.24) is 9.71 Å². The number of nitrogens with zero attached hydrogens (tertiary/aromatic N) is 1. The lowest BCUT2D eigenvalue weighted by molar-refractivity contribution is 0.0691. The van der Waals surface area contributed by atoms with Gasteiger partial charge in [0, 0.05) is 5.38 Å². The van der Waals surface area contributed by atoms with Gasteiger partial charge < -0.3 is 5.11 Å². The van der Waals surface area contributed by atoms with Gasteiger partial charge >= 0.3 is 5.97 Å². The molecule has 0 aliphatic carbocycles. The van der Waals surface area contributed by atoms with E-state index in [0.717, 1.165) is 11.3 Å². The minimum atomic E-state index is -3.80. The number of sulfonamides is 1. The van der Waals surface area contributed by atoms with E-state index < -0.39 is 37.1 Å². The summed E-state index contributed by atoms with van der Waals surface area (Å²) >= 11 is 1.03. The summed E-state index contributed by atoms with van der Waals surface area (Å²) in [5, 5.41) is 9.45. The fourth-order valence-corrected chi connectivity index (χ4v) is 7.11. The molecule has 0 saturated carbocycles. The molecule has 0 bridgehead atoms. The zero-order valence-electron chi connectivity index (χ0n) is 11.0. The van der Waals surface area contributed by atoms with Crippen molar-refractivity contribution in [2.45, 2.75) is 24.6 Å². The van der Waals surface area contributed by atoms with Gasteiger partial charge in [-0.05, 0) is 13.3 Å². The lowest BCUT2D eigenvalue weighted by atomic mass is 10.4. The van der Waals surface area contributed by atoms with E-state index in [-0.39, 0.29) is 23.6 Å². The van der Waals surface area contributed by atoms with Crippen LogP contribution in [0.2, 0.25) is 0 Å². The van der Waals surface area contributed by atoms with Crippen LogP contribution in [0.5, 0.6) is 0 Å². The lowest BCUT2D eigenvalue weighted by Crippen LogP contribution is -2.36. The second-order valence-electron chi connectivity index (χ2n) is 4.79. The molecule has 21 heavy (non-hydrogen) atoms. The summed E-state index contributed by atoms with van der Waals surface area (Å²) < 4.78 is 49.3. The number of sulfone groups is 1. The molecule has 1 saturated heterocycles. The largest absolute Gasteiger partial charge is 0.476 e. The molecule has 2 atom stereocenters. The summed E-state index contributed by atoms with van der Waals surface area (Å²) in [5.41, 5.74) is -0.149. The SMILES string of the molecule is CC(NS(=O)(=O)C1CCS(=O)(=O)C1)c1nc(C(=O)O)cs1. The number of nitrogens with one attached hydrogen (secondary N) is 1. The van der Waals surface area contributed by atoms with E-state index in [1.807, 2.05) is 0 Å². The summed E-state index contributed by atoms with van der Waals surface area (Å²) in [6, 6.07) is -0.712. The highest BCUT2D eigenvalue weighted by molar-refractivity contribution is 7.95. The Kier molecular flexibility index (Phi) is 4.38. The molecular weight excluding hydrogens is 340 g/mol. The molecule has 1 fully saturated rings. The van der Waals surface area contributed by atoms with Crippen molar-refractivity contribution in [2.24, 2.45) is 0 Å². The average Bonchev–Trinajstić information content (AvgIpc) is 2.94. The molecule has 0 amide bonds. The Labute approximate surface area is 126 Å². The Morgan fingerprint density at radius 1 is 1.57 bits per heavy atom. The van der Waals surface area contributed by atoms with Crippen molar-refractivity contribution in [3.63, 3.8) is 0 Å². The van der Waals surface area contributed by atoms with Crippen LogP contribution in [0, 0.1) is 0 Å². The summed E-state index contributed by atoms with van der Waals surface area (Å²) in [6.45, 7) is 1.53. The Balaban J connectivity index is 2.11. The fraction of sp³-hybridized carbons (Fsp3) is 0.600. The monoisotopic (exact) mass is 354 g/mol. The first-order chi connectivity index (χ1) is 9.61. The first-order valence-corrected chi connectivity index (χ1v) is 10.3. The maximum absolute atomic E-state index is 12.1. The number of carboxylic acids is 1. The van der Waals surface area contributed by atoms with Crippen molar-refractivity contribution >= 4 is 37.2 Å². The first kappa shape index (κ1) is 16.3. The number of carboxylic acid groups (broad SMARTS) is 1. The molecule has 118 valence electrons. The van der Waals surface area contributed by atoms with Crippen LogP contribution < -0.4 is 4.72 Å². The Morgan fingerprint density at radius 2 is 2.24 bits per heavy atom. The molecule has 2 N–H and O–H groups in total. The molecule has 1 aromatic heterocycles. The molecule has 8 nitrogen and oxygen atoms in total. The van der Waals surface area contributed by atoms with Gasteiger partial charge in [0.15, 0.2) is 15.5 Å². The van der Waals surface area contributed by atoms with Gasteiger partial charge in [-0.1, -0.05) is 0 Å². The molecule has 2 heterocycles. The van der Waals surface area contributed by atoms with Crippen molar-refractivity contribution < 1.29 is 26.7 Å². The molecular formula is C10H14N2O6S3. The van der Waals surface area contributed by atoms with E-state index in [9.17, 15) is 21.6 Å². The zero-order chi connectivity index (χ0) is 15.8. The van der Waals surface area contributed by atoms with Crippen LogP contribution in [0.3, 0.4) is 0 Å². The topological polar surface area (TPSA) is 130 Å². The maximum Gasteiger partial charge on any atom is 0.355 e. The zero-order valence-corrected chi connectivity index (χ0v) is 13.5. The molecule has 2 rings (SSSR count). The molecule has 0 spiro atoms. The first-order valence-electron chi connectivity index (χ1n) is 6.01. The number of hydrogen-bond donors (Lipinski definition) is 2. The van der Waals surface area contributed by atoms with Crippen LogP contribution in [0.15, 0.2) is 5.38 Å². The second-order valence-corrected chi connectivity index (χ2v) is 9.90. The maximum atomic E-state index is 12.1. The lowest BCUT2D eigenvalue weighted by Gasteiger charge is -2.15. The molecule has 1 aliphatic rings. The van der Waals surface area contributed by atoms with Gasteiger partial charge in [-0.3, -0.25) is 0 Å². The molecule has 11 heteroatoms. The quantitative estimate of drug-likeness (QED) is 0.761. The van der Waals surface area contributed by atoms with E-state index in [4.69, 9.17) is 5.11 Å². The van der Waals surface area contributed by atoms with Crippen LogP contribution >= 0.6 is 11.3 Å². The van der Waals surface area contributed by atoms with E-state index >= 15 is 0 Å². The van der Waals surface area contributed by atoms with Crippen LogP contribution in [0.4, 0.5) is 0 Å². The summed E-state index contributed by atoms with van der Waals surface area (Å²) in [6.07, 6.45) is 0.0721. The van der Waals surface area contributed by atoms with Crippen LogP contribution in [-0.4, -0.2) is 49.7 Å². The second kappa shape index (κ2) is 5.63. The summed E-state index contributed by atoms with van der Waals surface area (Å²) in [7, 11) is -7.10. The highest BCUT2D eigenvalue weighted by atomic mass is 32.2. The third-order valence-electron chi connectivity index (χ3n) is 3.08. The van der Waals surface area contributed by atoms with Crippen molar-refractivity contribution in [1.29, 1.82) is 0 Å². The smallest absolute Gasteiger partial charge is 0.355 e. The van der Waals surface area contributed by atoms with Crippen LogP contribution in [0.25, 0.3) is 0 Å². The van der Waals surface area contributed by atoms with Crippen molar-refractivity contribution in [3.8, 4) is 0 Å².